The van der Waals surface area contributed by atoms with Crippen LogP contribution < -0.4 is 5.32 Å². The molecule has 6 heteroatoms. The molecule has 2 aromatic rings. The number of halogens is 2. The Balaban J connectivity index is 2.08. The zero-order valence-corrected chi connectivity index (χ0v) is 11.2. The molecule has 0 atom stereocenters. The van der Waals surface area contributed by atoms with E-state index in [0.717, 1.165) is 5.56 Å². The monoisotopic (exact) mass is 311 g/mol. The molecule has 1 amide bonds. The summed E-state index contributed by atoms with van der Waals surface area (Å²) >= 11 is 3.16. The predicted octanol–water partition coefficient (Wildman–Crippen LogP) is 2.25. The number of aryl methyl sites for hydroxylation is 1. The molecule has 2 rings (SSSR count). The number of rotatable bonds is 3. The van der Waals surface area contributed by atoms with Gasteiger partial charge in [-0.3, -0.25) is 9.48 Å². The quantitative estimate of drug-likeness (QED) is 0.945. The van der Waals surface area contributed by atoms with Gasteiger partial charge in [-0.05, 0) is 28.1 Å². The summed E-state index contributed by atoms with van der Waals surface area (Å²) < 4.78 is 15.6. The number of nitrogens with one attached hydrogen (secondary N) is 1. The van der Waals surface area contributed by atoms with Crippen LogP contribution in [0.2, 0.25) is 0 Å². The fraction of sp³-hybridized carbons (Fsp3) is 0.167. The average molecular weight is 312 g/mol. The van der Waals surface area contributed by atoms with E-state index in [1.165, 1.54) is 12.1 Å². The zero-order chi connectivity index (χ0) is 13.1. The van der Waals surface area contributed by atoms with Gasteiger partial charge >= 0.3 is 0 Å². The van der Waals surface area contributed by atoms with Gasteiger partial charge in [0.25, 0.3) is 5.91 Å². The maximum absolute atomic E-state index is 13.5. The summed E-state index contributed by atoms with van der Waals surface area (Å²) in [6.45, 7) is 0.313. The lowest BCUT2D eigenvalue weighted by Gasteiger charge is -2.06. The van der Waals surface area contributed by atoms with Gasteiger partial charge in [0, 0.05) is 29.8 Å². The first-order chi connectivity index (χ1) is 8.58. The largest absolute Gasteiger partial charge is 0.348 e. The molecule has 1 heterocycles. The van der Waals surface area contributed by atoms with Gasteiger partial charge in [0.2, 0.25) is 0 Å². The molecule has 0 fully saturated rings. The molecule has 0 unspecified atom stereocenters. The highest BCUT2D eigenvalue weighted by Gasteiger charge is 2.14. The minimum Gasteiger partial charge on any atom is -0.348 e. The highest BCUT2D eigenvalue weighted by atomic mass is 79.9. The highest BCUT2D eigenvalue weighted by molar-refractivity contribution is 9.10. The summed E-state index contributed by atoms with van der Waals surface area (Å²) in [4.78, 5) is 11.9. The summed E-state index contributed by atoms with van der Waals surface area (Å²) in [5.41, 5.74) is 0.875. The van der Waals surface area contributed by atoms with Crippen molar-refractivity contribution in [3.63, 3.8) is 0 Å². The molecule has 0 aliphatic carbocycles. The standard InChI is InChI=1S/C12H11BrFN3O/c1-17-7-8(6-16-17)5-15-12(18)11-9(13)3-2-4-10(11)14/h2-4,6-7H,5H2,1H3,(H,15,18). The van der Waals surface area contributed by atoms with Crippen LogP contribution in [0.15, 0.2) is 35.1 Å². The first-order valence-corrected chi connectivity index (χ1v) is 6.07. The first-order valence-electron chi connectivity index (χ1n) is 5.27. The molecule has 18 heavy (non-hydrogen) atoms. The van der Waals surface area contributed by atoms with Crippen molar-refractivity contribution in [3.05, 3.63) is 52.0 Å². The third kappa shape index (κ3) is 2.76. The highest BCUT2D eigenvalue weighted by Crippen LogP contribution is 2.19. The zero-order valence-electron chi connectivity index (χ0n) is 9.65. The SMILES string of the molecule is Cn1cc(CNC(=O)c2c(F)cccc2Br)cn1. The van der Waals surface area contributed by atoms with E-state index >= 15 is 0 Å². The molecule has 0 aliphatic rings. The smallest absolute Gasteiger partial charge is 0.255 e. The second kappa shape index (κ2) is 5.30. The van der Waals surface area contributed by atoms with E-state index in [1.54, 1.807) is 30.2 Å². The van der Waals surface area contributed by atoms with Crippen molar-refractivity contribution < 1.29 is 9.18 Å². The fourth-order valence-electron chi connectivity index (χ4n) is 1.55. The van der Waals surface area contributed by atoms with E-state index in [9.17, 15) is 9.18 Å². The van der Waals surface area contributed by atoms with Crippen LogP contribution in [-0.4, -0.2) is 15.7 Å². The van der Waals surface area contributed by atoms with Gasteiger partial charge in [-0.1, -0.05) is 6.07 Å². The maximum atomic E-state index is 13.5. The van der Waals surface area contributed by atoms with Gasteiger partial charge in [0.15, 0.2) is 0 Å². The van der Waals surface area contributed by atoms with E-state index in [0.29, 0.717) is 11.0 Å². The molecule has 0 radical (unpaired) electrons. The topological polar surface area (TPSA) is 46.9 Å². The molecule has 0 aliphatic heterocycles. The fourth-order valence-corrected chi connectivity index (χ4v) is 2.07. The van der Waals surface area contributed by atoms with Crippen molar-refractivity contribution in [2.45, 2.75) is 6.54 Å². The van der Waals surface area contributed by atoms with Crippen LogP contribution in [0.3, 0.4) is 0 Å². The molecule has 4 nitrogen and oxygen atoms in total. The molecular formula is C12H11BrFN3O. The molecule has 94 valence electrons. The number of aromatic nitrogens is 2. The summed E-state index contributed by atoms with van der Waals surface area (Å²) in [7, 11) is 1.79. The van der Waals surface area contributed by atoms with Crippen molar-refractivity contribution in [2.75, 3.05) is 0 Å². The molecular weight excluding hydrogens is 301 g/mol. The van der Waals surface area contributed by atoms with Gasteiger partial charge in [-0.2, -0.15) is 5.10 Å². The Kier molecular flexibility index (Phi) is 3.76. The lowest BCUT2D eigenvalue weighted by atomic mass is 10.2. The second-order valence-electron chi connectivity index (χ2n) is 3.80. The van der Waals surface area contributed by atoms with Crippen molar-refractivity contribution in [2.24, 2.45) is 7.05 Å². The molecule has 1 aromatic heterocycles. The lowest BCUT2D eigenvalue weighted by molar-refractivity contribution is 0.0946. The Labute approximate surface area is 112 Å². The predicted molar refractivity (Wildman–Crippen MR) is 68.5 cm³/mol. The van der Waals surface area contributed by atoms with Crippen molar-refractivity contribution in [1.82, 2.24) is 15.1 Å². The molecule has 0 saturated carbocycles. The number of amides is 1. The van der Waals surface area contributed by atoms with E-state index in [1.807, 2.05) is 0 Å². The van der Waals surface area contributed by atoms with Gasteiger partial charge in [-0.15, -0.1) is 0 Å². The Morgan fingerprint density at radius 3 is 2.94 bits per heavy atom. The lowest BCUT2D eigenvalue weighted by Crippen LogP contribution is -2.24. The normalized spacial score (nSPS) is 10.4. The molecule has 0 saturated heterocycles. The van der Waals surface area contributed by atoms with Crippen LogP contribution in [0.5, 0.6) is 0 Å². The van der Waals surface area contributed by atoms with Gasteiger partial charge in [-0.25, -0.2) is 4.39 Å². The summed E-state index contributed by atoms with van der Waals surface area (Å²) in [5, 5.41) is 6.63. The average Bonchev–Trinajstić information content (AvgIpc) is 2.72. The number of carbonyl (C=O) groups excluding carboxylic acids is 1. The van der Waals surface area contributed by atoms with Crippen molar-refractivity contribution in [1.29, 1.82) is 0 Å². The summed E-state index contributed by atoms with van der Waals surface area (Å²) in [6, 6.07) is 4.42. The van der Waals surface area contributed by atoms with E-state index in [4.69, 9.17) is 0 Å². The first kappa shape index (κ1) is 12.8. The molecule has 1 N–H and O–H groups in total. The van der Waals surface area contributed by atoms with E-state index in [-0.39, 0.29) is 5.56 Å². The van der Waals surface area contributed by atoms with Crippen LogP contribution in [0.1, 0.15) is 15.9 Å². The van der Waals surface area contributed by atoms with Crippen LogP contribution in [0, 0.1) is 5.82 Å². The number of nitrogens with zero attached hydrogens (tertiary/aromatic N) is 2. The van der Waals surface area contributed by atoms with Crippen LogP contribution in [-0.2, 0) is 13.6 Å². The third-order valence-corrected chi connectivity index (χ3v) is 3.06. The van der Waals surface area contributed by atoms with Gasteiger partial charge < -0.3 is 5.32 Å². The summed E-state index contributed by atoms with van der Waals surface area (Å²) in [6.07, 6.45) is 3.44. The van der Waals surface area contributed by atoms with Gasteiger partial charge in [0.05, 0.1) is 11.8 Å². The minimum absolute atomic E-state index is 0.0152. The van der Waals surface area contributed by atoms with Gasteiger partial charge in [0.1, 0.15) is 5.82 Å². The molecule has 1 aromatic carbocycles. The van der Waals surface area contributed by atoms with E-state index < -0.39 is 11.7 Å². The van der Waals surface area contributed by atoms with Crippen LogP contribution in [0.25, 0.3) is 0 Å². The maximum Gasteiger partial charge on any atom is 0.255 e. The Hall–Kier alpha value is -1.69. The Morgan fingerprint density at radius 1 is 1.56 bits per heavy atom. The third-order valence-electron chi connectivity index (χ3n) is 2.40. The second-order valence-corrected chi connectivity index (χ2v) is 4.66. The number of hydrogen-bond donors (Lipinski definition) is 1. The molecule has 0 bridgehead atoms. The van der Waals surface area contributed by atoms with E-state index in [2.05, 4.69) is 26.3 Å². The minimum atomic E-state index is -0.548. The van der Waals surface area contributed by atoms with Crippen molar-refractivity contribution >= 4 is 21.8 Å². The number of benzene rings is 1. The van der Waals surface area contributed by atoms with Crippen molar-refractivity contribution in [3.8, 4) is 0 Å². The van der Waals surface area contributed by atoms with Crippen LogP contribution in [0.4, 0.5) is 4.39 Å². The summed E-state index contributed by atoms with van der Waals surface area (Å²) in [5.74, 6) is -1.00. The Bertz CT molecular complexity index is 562. The number of carbonyl (C=O) groups is 1. The van der Waals surface area contributed by atoms with Crippen LogP contribution >= 0.6 is 15.9 Å². The Morgan fingerprint density at radius 2 is 2.33 bits per heavy atom. The number of hydrogen-bond acceptors (Lipinski definition) is 2. The molecule has 0 spiro atoms.